The van der Waals surface area contributed by atoms with Crippen molar-refractivity contribution >= 4 is 34.3 Å². The number of aromatic nitrogens is 2. The molecule has 2 aromatic heterocycles. The van der Waals surface area contributed by atoms with Gasteiger partial charge in [0.15, 0.2) is 0 Å². The van der Waals surface area contributed by atoms with Crippen molar-refractivity contribution < 1.29 is 4.57 Å². The van der Waals surface area contributed by atoms with Crippen LogP contribution in [-0.2, 0) is 10.7 Å². The quantitative estimate of drug-likeness (QED) is 0.317. The number of fused-ring (bicyclic) bond motifs is 1. The number of hydrogen-bond donors (Lipinski definition) is 0. The molecule has 0 unspecified atom stereocenters. The first kappa shape index (κ1) is 22.8. The highest BCUT2D eigenvalue weighted by Gasteiger charge is 2.30. The molecule has 0 saturated carbocycles. The topological polar surface area (TPSA) is 55.2 Å². The summed E-state index contributed by atoms with van der Waals surface area (Å²) >= 11 is 0. The maximum Gasteiger partial charge on any atom is 0.277 e. The van der Waals surface area contributed by atoms with Crippen LogP contribution < -0.4 is 21.2 Å². The molecule has 0 aliphatic heterocycles. The summed E-state index contributed by atoms with van der Waals surface area (Å²) in [5.74, 6) is 0.623. The minimum Gasteiger partial charge on any atom is -0.313 e. The van der Waals surface area contributed by atoms with Crippen LogP contribution in [0.5, 0.6) is 0 Å². The number of rotatable bonds is 6. The van der Waals surface area contributed by atoms with E-state index in [-0.39, 0.29) is 11.7 Å². The number of hydrogen-bond acceptors (Lipinski definition) is 4. The molecular weight excluding hydrogens is 453 g/mol. The van der Waals surface area contributed by atoms with E-state index in [4.69, 9.17) is 0 Å². The van der Waals surface area contributed by atoms with Gasteiger partial charge in [0.05, 0.1) is 17.2 Å². The maximum atomic E-state index is 14.9. The van der Waals surface area contributed by atoms with Gasteiger partial charge >= 0.3 is 0 Å². The Morgan fingerprint density at radius 2 is 1.46 bits per heavy atom. The van der Waals surface area contributed by atoms with Crippen LogP contribution in [0.1, 0.15) is 11.3 Å². The molecule has 0 saturated heterocycles. The van der Waals surface area contributed by atoms with E-state index in [0.29, 0.717) is 16.9 Å². The van der Waals surface area contributed by atoms with Gasteiger partial charge in [0.2, 0.25) is 0 Å². The van der Waals surface area contributed by atoms with Crippen LogP contribution >= 0.6 is 7.14 Å². The molecule has 2 heterocycles. The highest BCUT2D eigenvalue weighted by Crippen LogP contribution is 2.47. The fourth-order valence-electron chi connectivity index (χ4n) is 4.57. The van der Waals surface area contributed by atoms with Gasteiger partial charge in [-0.1, -0.05) is 84.9 Å². The smallest absolute Gasteiger partial charge is 0.277 e. The van der Waals surface area contributed by atoms with Crippen LogP contribution in [0.15, 0.2) is 114 Å². The van der Waals surface area contributed by atoms with Crippen molar-refractivity contribution in [2.24, 2.45) is 0 Å². The highest BCUT2D eigenvalue weighted by molar-refractivity contribution is 7.78. The fourth-order valence-corrected chi connectivity index (χ4v) is 7.22. The predicted molar refractivity (Wildman–Crippen MR) is 144 cm³/mol. The van der Waals surface area contributed by atoms with Gasteiger partial charge in [0.1, 0.15) is 13.0 Å². The number of pyridine rings is 2. The zero-order valence-corrected chi connectivity index (χ0v) is 20.6. The van der Waals surface area contributed by atoms with Crippen LogP contribution in [0.4, 0.5) is 5.82 Å². The van der Waals surface area contributed by atoms with E-state index in [1.54, 1.807) is 15.9 Å². The summed E-state index contributed by atoms with van der Waals surface area (Å²) in [7, 11) is -1.31. The van der Waals surface area contributed by atoms with Crippen molar-refractivity contribution in [2.45, 2.75) is 13.1 Å². The van der Waals surface area contributed by atoms with Crippen LogP contribution in [-0.4, -0.2) is 16.7 Å². The van der Waals surface area contributed by atoms with Crippen LogP contribution in [0.3, 0.4) is 0 Å². The van der Waals surface area contributed by atoms with Crippen LogP contribution in [0, 0.1) is 6.92 Å². The largest absolute Gasteiger partial charge is 0.313 e. The Morgan fingerprint density at radius 1 is 0.829 bits per heavy atom. The van der Waals surface area contributed by atoms with E-state index in [9.17, 15) is 9.36 Å². The summed E-state index contributed by atoms with van der Waals surface area (Å²) in [6.07, 6.45) is 1.89. The Kier molecular flexibility index (Phi) is 6.10. The Balaban J connectivity index is 1.78. The van der Waals surface area contributed by atoms with Crippen molar-refractivity contribution in [1.29, 1.82) is 0 Å². The first-order valence-electron chi connectivity index (χ1n) is 11.5. The average Bonchev–Trinajstić information content (AvgIpc) is 2.90. The fraction of sp³-hybridized carbons (Fsp3) is 0.103. The summed E-state index contributed by atoms with van der Waals surface area (Å²) in [4.78, 5) is 18.4. The van der Waals surface area contributed by atoms with Gasteiger partial charge in [0.25, 0.3) is 5.56 Å². The average molecular weight is 480 g/mol. The van der Waals surface area contributed by atoms with E-state index in [2.05, 4.69) is 4.98 Å². The van der Waals surface area contributed by atoms with E-state index in [1.807, 2.05) is 117 Å². The molecule has 0 atom stereocenters. The lowest BCUT2D eigenvalue weighted by molar-refractivity contribution is 0.584. The summed E-state index contributed by atoms with van der Waals surface area (Å²) in [5.41, 5.74) is 1.41. The molecule has 0 N–H and O–H groups in total. The minimum atomic E-state index is -3.12. The summed E-state index contributed by atoms with van der Waals surface area (Å²) in [6.45, 7) is 1.94. The first-order chi connectivity index (χ1) is 17.0. The molecule has 0 bridgehead atoms. The van der Waals surface area contributed by atoms with E-state index < -0.39 is 7.14 Å². The molecule has 174 valence electrons. The van der Waals surface area contributed by atoms with E-state index >= 15 is 0 Å². The second kappa shape index (κ2) is 9.36. The van der Waals surface area contributed by atoms with Gasteiger partial charge < -0.3 is 4.57 Å². The van der Waals surface area contributed by atoms with Crippen molar-refractivity contribution in [1.82, 2.24) is 9.66 Å². The second-order valence-electron chi connectivity index (χ2n) is 8.57. The van der Waals surface area contributed by atoms with Crippen LogP contribution in [0.25, 0.3) is 10.8 Å². The normalized spacial score (nSPS) is 11.5. The maximum absolute atomic E-state index is 14.9. The van der Waals surface area contributed by atoms with Crippen molar-refractivity contribution in [3.8, 4) is 0 Å². The third-order valence-electron chi connectivity index (χ3n) is 6.32. The van der Waals surface area contributed by atoms with Gasteiger partial charge in [-0.3, -0.25) is 9.80 Å². The minimum absolute atomic E-state index is 0.156. The Morgan fingerprint density at radius 3 is 2.06 bits per heavy atom. The third kappa shape index (κ3) is 4.20. The Bertz CT molecular complexity index is 1540. The molecule has 0 fully saturated rings. The van der Waals surface area contributed by atoms with Crippen molar-refractivity contribution in [3.63, 3.8) is 0 Å². The molecule has 3 aromatic carbocycles. The molecule has 5 rings (SSSR count). The lowest BCUT2D eigenvalue weighted by atomic mass is 10.1. The summed E-state index contributed by atoms with van der Waals surface area (Å²) in [6, 6.07) is 32.5. The zero-order chi connectivity index (χ0) is 24.4. The van der Waals surface area contributed by atoms with Gasteiger partial charge in [-0.15, -0.1) is 0 Å². The molecule has 5 nitrogen and oxygen atoms in total. The van der Waals surface area contributed by atoms with Crippen molar-refractivity contribution in [3.05, 3.63) is 131 Å². The van der Waals surface area contributed by atoms with Crippen LogP contribution in [0.2, 0.25) is 0 Å². The second-order valence-corrected chi connectivity index (χ2v) is 11.4. The summed E-state index contributed by atoms with van der Waals surface area (Å²) in [5, 5.41) is 4.74. The highest BCUT2D eigenvalue weighted by atomic mass is 31.2. The molecule has 35 heavy (non-hydrogen) atoms. The number of aryl methyl sites for hydroxylation is 1. The van der Waals surface area contributed by atoms with Gasteiger partial charge in [-0.05, 0) is 36.1 Å². The molecule has 0 radical (unpaired) electrons. The van der Waals surface area contributed by atoms with E-state index in [1.165, 1.54) is 0 Å². The van der Waals surface area contributed by atoms with Gasteiger partial charge in [-0.2, -0.15) is 0 Å². The molecule has 0 aliphatic carbocycles. The monoisotopic (exact) mass is 479 g/mol. The molecule has 0 aliphatic rings. The first-order valence-corrected chi connectivity index (χ1v) is 13.4. The van der Waals surface area contributed by atoms with Gasteiger partial charge in [0, 0.05) is 23.9 Å². The SMILES string of the molecule is Cc1cccc2cc(CP(=O)(c3ccccc3)c3ccccc3)n(N(C)c3ccccn3)c(=O)c12. The van der Waals surface area contributed by atoms with E-state index in [0.717, 1.165) is 21.6 Å². The predicted octanol–water partition coefficient (Wildman–Crippen LogP) is 5.12. The lowest BCUT2D eigenvalue weighted by Crippen LogP contribution is -2.39. The molecule has 6 heteroatoms. The number of anilines is 1. The number of benzene rings is 3. The Hall–Kier alpha value is -3.95. The lowest BCUT2D eigenvalue weighted by Gasteiger charge is -2.27. The number of nitrogens with zero attached hydrogens (tertiary/aromatic N) is 3. The Labute approximate surface area is 204 Å². The molecule has 0 spiro atoms. The summed E-state index contributed by atoms with van der Waals surface area (Å²) < 4.78 is 16.5. The van der Waals surface area contributed by atoms with Gasteiger partial charge in [-0.25, -0.2) is 9.66 Å². The molecular formula is C29H26N3O2P. The molecule has 5 aromatic rings. The molecule has 0 amide bonds. The zero-order valence-electron chi connectivity index (χ0n) is 19.7. The third-order valence-corrected chi connectivity index (χ3v) is 9.35. The van der Waals surface area contributed by atoms with Crippen molar-refractivity contribution in [2.75, 3.05) is 12.1 Å². The standard InChI is InChI=1S/C29H26N3O2P/c1-22-12-11-13-23-20-24(32(29(33)28(22)23)31(2)27-18-9-10-19-30-27)21-35(34,25-14-5-3-6-15-25)26-16-7-4-8-17-26/h3-20H,21H2,1-2H3.